The predicted molar refractivity (Wildman–Crippen MR) is 52.8 cm³/mol. The average molecular weight is 261 g/mol. The Balaban J connectivity index is 0. The number of halogens is 3. The number of hydrogen-bond acceptors (Lipinski definition) is 3. The van der Waals surface area contributed by atoms with Gasteiger partial charge in [-0.15, -0.1) is 0 Å². The Bertz CT molecular complexity index is 301. The maximum absolute atomic E-state index is 10.7. The van der Waals surface area contributed by atoms with Crippen molar-refractivity contribution in [2.24, 2.45) is 0 Å². The molecule has 16 heavy (non-hydrogen) atoms. The van der Waals surface area contributed by atoms with Crippen LogP contribution in [-0.2, 0) is 10.1 Å². The van der Waals surface area contributed by atoms with Crippen LogP contribution in [0.4, 0.5) is 13.2 Å². The molecular weight excluding hydrogens is 247 g/mol. The maximum Gasteiger partial charge on any atom is 0.485 e. The summed E-state index contributed by atoms with van der Waals surface area (Å²) < 4.78 is 58.9. The number of hydrogen-bond donors (Lipinski definition) is 1. The normalized spacial score (nSPS) is 11.6. The van der Waals surface area contributed by atoms with Crippen molar-refractivity contribution in [3.8, 4) is 0 Å². The molecule has 0 saturated carbocycles. The van der Waals surface area contributed by atoms with Crippen LogP contribution in [0, 0.1) is 0 Å². The van der Waals surface area contributed by atoms with Gasteiger partial charge in [0.1, 0.15) is 0 Å². The second-order valence-corrected chi connectivity index (χ2v) is 4.21. The number of quaternary nitrogens is 1. The van der Waals surface area contributed by atoms with E-state index in [-0.39, 0.29) is 0 Å². The Labute approximate surface area is 92.8 Å². The van der Waals surface area contributed by atoms with Crippen LogP contribution in [0.15, 0.2) is 25.3 Å². The van der Waals surface area contributed by atoms with Crippen LogP contribution in [0.5, 0.6) is 0 Å². The third kappa shape index (κ3) is 9.69. The van der Waals surface area contributed by atoms with Crippen molar-refractivity contribution in [1.29, 1.82) is 0 Å². The first-order chi connectivity index (χ1) is 7.06. The van der Waals surface area contributed by atoms with Crippen LogP contribution in [-0.4, -0.2) is 38.6 Å². The topological polar surface area (TPSA) is 61.6 Å². The number of nitrogens with one attached hydrogen (secondary N) is 1. The Morgan fingerprint density at radius 1 is 1.25 bits per heavy atom. The summed E-state index contributed by atoms with van der Waals surface area (Å²) in [5.41, 5.74) is -5.65. The minimum atomic E-state index is -6.09. The Morgan fingerprint density at radius 2 is 1.50 bits per heavy atom. The summed E-state index contributed by atoms with van der Waals surface area (Å²) in [6.45, 7) is 9.30. The van der Waals surface area contributed by atoms with E-state index in [4.69, 9.17) is 13.0 Å². The molecule has 0 radical (unpaired) electrons. The van der Waals surface area contributed by atoms with E-state index in [0.717, 1.165) is 13.1 Å². The van der Waals surface area contributed by atoms with Crippen LogP contribution < -0.4 is 4.90 Å². The molecule has 0 atom stereocenters. The first kappa shape index (κ1) is 17.5. The molecule has 0 saturated heterocycles. The molecule has 0 aromatic heterocycles. The van der Waals surface area contributed by atoms with E-state index in [1.807, 2.05) is 12.2 Å². The van der Waals surface area contributed by atoms with Gasteiger partial charge in [-0.3, -0.25) is 0 Å². The van der Waals surface area contributed by atoms with Gasteiger partial charge in [0.05, 0.1) is 20.1 Å². The molecule has 0 amide bonds. The van der Waals surface area contributed by atoms with E-state index in [0.29, 0.717) is 0 Å². The van der Waals surface area contributed by atoms with Crippen LogP contribution in [0.25, 0.3) is 0 Å². The third-order valence-corrected chi connectivity index (χ3v) is 1.84. The number of rotatable bonds is 4. The fourth-order valence-corrected chi connectivity index (χ4v) is 0.576. The van der Waals surface area contributed by atoms with Gasteiger partial charge in [0.2, 0.25) is 0 Å². The van der Waals surface area contributed by atoms with Crippen LogP contribution >= 0.6 is 0 Å². The van der Waals surface area contributed by atoms with Crippen molar-refractivity contribution < 1.29 is 31.0 Å². The summed E-state index contributed by atoms with van der Waals surface area (Å²) >= 11 is 0. The molecule has 0 unspecified atom stereocenters. The molecule has 0 heterocycles. The van der Waals surface area contributed by atoms with Gasteiger partial charge in [0, 0.05) is 0 Å². The third-order valence-electron chi connectivity index (χ3n) is 1.27. The zero-order valence-corrected chi connectivity index (χ0v) is 9.57. The van der Waals surface area contributed by atoms with Gasteiger partial charge in [-0.1, -0.05) is 13.2 Å². The van der Waals surface area contributed by atoms with Crippen molar-refractivity contribution in [1.82, 2.24) is 0 Å². The number of alkyl halides is 3. The molecule has 0 spiro atoms. The SMILES string of the molecule is C=CC[NH+](C)CC=C.O=S(=O)([O-])C(F)(F)F. The lowest BCUT2D eigenvalue weighted by Gasteiger charge is -2.08. The highest BCUT2D eigenvalue weighted by molar-refractivity contribution is 7.86. The quantitative estimate of drug-likeness (QED) is 0.437. The van der Waals surface area contributed by atoms with Gasteiger partial charge in [0.15, 0.2) is 10.1 Å². The molecule has 0 aromatic rings. The first-order valence-electron chi connectivity index (χ1n) is 4.11. The van der Waals surface area contributed by atoms with Gasteiger partial charge < -0.3 is 9.45 Å². The minimum absolute atomic E-state index is 1.02. The molecule has 0 fully saturated rings. The molecule has 0 aliphatic carbocycles. The highest BCUT2D eigenvalue weighted by Gasteiger charge is 2.36. The van der Waals surface area contributed by atoms with E-state index in [9.17, 15) is 13.2 Å². The van der Waals surface area contributed by atoms with Crippen LogP contribution in [0.3, 0.4) is 0 Å². The molecule has 4 nitrogen and oxygen atoms in total. The van der Waals surface area contributed by atoms with Crippen molar-refractivity contribution >= 4 is 10.1 Å². The van der Waals surface area contributed by atoms with Crippen molar-refractivity contribution in [3.05, 3.63) is 25.3 Å². The standard InChI is InChI=1S/C7H13N.CHF3O3S/c1-4-6-8(3)7-5-2;2-1(3,4)8(5,6)7/h4-5H,1-2,6-7H2,3H3;(H,5,6,7). The van der Waals surface area contributed by atoms with E-state index in [1.165, 1.54) is 4.90 Å². The fraction of sp³-hybridized carbons (Fsp3) is 0.500. The zero-order valence-electron chi connectivity index (χ0n) is 8.75. The smallest absolute Gasteiger partial charge is 0.485 e. The summed E-state index contributed by atoms with van der Waals surface area (Å²) in [7, 11) is -3.98. The summed E-state index contributed by atoms with van der Waals surface area (Å²) in [6.07, 6.45) is 3.83. The fourth-order valence-electron chi connectivity index (χ4n) is 0.576. The van der Waals surface area contributed by atoms with Gasteiger partial charge in [-0.05, 0) is 12.2 Å². The second-order valence-electron chi connectivity index (χ2n) is 2.84. The largest absolute Gasteiger partial charge is 0.741 e. The summed E-state index contributed by atoms with van der Waals surface area (Å²) in [6, 6.07) is 0. The van der Waals surface area contributed by atoms with E-state index in [2.05, 4.69) is 20.2 Å². The van der Waals surface area contributed by atoms with Gasteiger partial charge >= 0.3 is 5.51 Å². The lowest BCUT2D eigenvalue weighted by molar-refractivity contribution is -0.866. The van der Waals surface area contributed by atoms with Crippen molar-refractivity contribution in [2.45, 2.75) is 5.51 Å². The molecular formula is C8H14F3NO3S. The van der Waals surface area contributed by atoms with E-state index < -0.39 is 15.6 Å². The molecule has 0 aliphatic rings. The first-order valence-corrected chi connectivity index (χ1v) is 5.52. The Hall–Kier alpha value is -0.860. The molecule has 0 aromatic carbocycles. The molecule has 96 valence electrons. The van der Waals surface area contributed by atoms with Gasteiger partial charge in [-0.2, -0.15) is 13.2 Å². The van der Waals surface area contributed by atoms with E-state index in [1.54, 1.807) is 0 Å². The summed E-state index contributed by atoms with van der Waals surface area (Å²) in [5, 5.41) is 0. The van der Waals surface area contributed by atoms with Gasteiger partial charge in [0.25, 0.3) is 0 Å². The monoisotopic (exact) mass is 261 g/mol. The lowest BCUT2D eigenvalue weighted by atomic mass is 10.5. The minimum Gasteiger partial charge on any atom is -0.741 e. The molecule has 0 aliphatic heterocycles. The number of likely N-dealkylation sites (N-methyl/N-ethyl adjacent to an activating group) is 1. The van der Waals surface area contributed by atoms with Crippen molar-refractivity contribution in [3.63, 3.8) is 0 Å². The molecule has 1 N–H and O–H groups in total. The lowest BCUT2D eigenvalue weighted by Crippen LogP contribution is -3.08. The Kier molecular flexibility index (Phi) is 8.13. The molecule has 0 rings (SSSR count). The zero-order chi connectivity index (χ0) is 13.4. The molecule has 0 bridgehead atoms. The molecule has 8 heteroatoms. The highest BCUT2D eigenvalue weighted by atomic mass is 32.2. The van der Waals surface area contributed by atoms with E-state index >= 15 is 0 Å². The van der Waals surface area contributed by atoms with Crippen molar-refractivity contribution in [2.75, 3.05) is 20.1 Å². The summed E-state index contributed by atoms with van der Waals surface area (Å²) in [5.74, 6) is 0. The van der Waals surface area contributed by atoms with Crippen LogP contribution in [0.2, 0.25) is 0 Å². The Morgan fingerprint density at radius 3 is 1.62 bits per heavy atom. The van der Waals surface area contributed by atoms with Crippen LogP contribution in [0.1, 0.15) is 0 Å². The second kappa shape index (κ2) is 7.42. The maximum atomic E-state index is 10.7. The summed E-state index contributed by atoms with van der Waals surface area (Å²) in [4.78, 5) is 1.43. The van der Waals surface area contributed by atoms with Gasteiger partial charge in [-0.25, -0.2) is 8.42 Å². The average Bonchev–Trinajstić information content (AvgIpc) is 2.02. The highest BCUT2D eigenvalue weighted by Crippen LogP contribution is 2.20. The predicted octanol–water partition coefficient (Wildman–Crippen LogP) is -0.0755.